The molecule has 0 bridgehead atoms. The van der Waals surface area contributed by atoms with E-state index >= 15 is 0 Å². The van der Waals surface area contributed by atoms with Gasteiger partial charge in [0.2, 0.25) is 5.91 Å². The van der Waals surface area contributed by atoms with Crippen molar-refractivity contribution in [1.29, 1.82) is 5.26 Å². The Morgan fingerprint density at radius 1 is 1.04 bits per heavy atom. The predicted octanol–water partition coefficient (Wildman–Crippen LogP) is 2.98. The first-order chi connectivity index (χ1) is 13.5. The normalized spacial score (nSPS) is 45.4. The van der Waals surface area contributed by atoms with E-state index in [2.05, 4.69) is 11.4 Å². The van der Waals surface area contributed by atoms with Crippen LogP contribution >= 0.6 is 0 Å². The molecule has 0 aromatic carbocycles. The van der Waals surface area contributed by atoms with Crippen molar-refractivity contribution in [3.05, 3.63) is 0 Å². The first-order valence-corrected chi connectivity index (χ1v) is 11.7. The monoisotopic (exact) mass is 385 g/mol. The van der Waals surface area contributed by atoms with Crippen LogP contribution in [0.25, 0.3) is 0 Å². The Kier molecular flexibility index (Phi) is 4.71. The quantitative estimate of drug-likeness (QED) is 0.780. The summed E-state index contributed by atoms with van der Waals surface area (Å²) in [5.41, 5.74) is 0.0103. The second-order valence-corrected chi connectivity index (χ2v) is 10.6. The molecule has 28 heavy (non-hydrogen) atoms. The Labute approximate surface area is 168 Å². The van der Waals surface area contributed by atoms with E-state index in [0.29, 0.717) is 35.8 Å². The summed E-state index contributed by atoms with van der Waals surface area (Å²) >= 11 is 0. The predicted molar refractivity (Wildman–Crippen MR) is 106 cm³/mol. The fraction of sp³-hybridized carbons (Fsp3) is 0.913. The van der Waals surface area contributed by atoms with Crippen LogP contribution in [0, 0.1) is 34.5 Å². The SMILES string of the molecule is N#C[C@@H]1CCCN1C(=O)CNC1CC12C[C@H]1CC(O)(C3CCCCC3)C[C@H]1C2. The molecule has 1 heterocycles. The number of nitrogens with zero attached hydrogens (tertiary/aromatic N) is 2. The van der Waals surface area contributed by atoms with Crippen molar-refractivity contribution in [1.82, 2.24) is 10.2 Å². The van der Waals surface area contributed by atoms with E-state index < -0.39 is 0 Å². The molecule has 6 atom stereocenters. The average molecular weight is 386 g/mol. The number of hydrogen-bond donors (Lipinski definition) is 2. The van der Waals surface area contributed by atoms with Crippen LogP contribution in [0.5, 0.6) is 0 Å². The Bertz CT molecular complexity index is 651. The third kappa shape index (κ3) is 3.17. The number of likely N-dealkylation sites (tertiary alicyclic amines) is 1. The average Bonchev–Trinajstić information content (AvgIpc) is 3.02. The highest BCUT2D eigenvalue weighted by Crippen LogP contribution is 2.67. The number of fused-ring (bicyclic) bond motifs is 1. The molecule has 1 aliphatic heterocycles. The Morgan fingerprint density at radius 3 is 2.43 bits per heavy atom. The molecular formula is C23H35N3O2. The van der Waals surface area contributed by atoms with Crippen molar-refractivity contribution < 1.29 is 9.90 Å². The molecule has 5 heteroatoms. The van der Waals surface area contributed by atoms with Crippen molar-refractivity contribution in [3.8, 4) is 6.07 Å². The van der Waals surface area contributed by atoms with Gasteiger partial charge in [0.15, 0.2) is 0 Å². The number of amides is 1. The van der Waals surface area contributed by atoms with Crippen LogP contribution in [-0.2, 0) is 4.79 Å². The van der Waals surface area contributed by atoms with Crippen LogP contribution in [0.15, 0.2) is 0 Å². The molecule has 3 unspecified atom stereocenters. The molecule has 5 fully saturated rings. The molecule has 154 valence electrons. The molecule has 1 amide bonds. The molecule has 5 nitrogen and oxygen atoms in total. The van der Waals surface area contributed by atoms with Gasteiger partial charge in [-0.25, -0.2) is 0 Å². The Morgan fingerprint density at radius 2 is 1.75 bits per heavy atom. The molecule has 5 aliphatic rings. The van der Waals surface area contributed by atoms with Crippen LogP contribution in [-0.4, -0.2) is 46.7 Å². The molecule has 4 saturated carbocycles. The summed E-state index contributed by atoms with van der Waals surface area (Å²) in [4.78, 5) is 14.2. The topological polar surface area (TPSA) is 76.4 Å². The summed E-state index contributed by atoms with van der Waals surface area (Å²) in [6, 6.07) is 2.51. The molecule has 2 N–H and O–H groups in total. The lowest BCUT2D eigenvalue weighted by Crippen LogP contribution is -2.41. The molecule has 1 saturated heterocycles. The lowest BCUT2D eigenvalue weighted by atomic mass is 9.74. The molecule has 5 rings (SSSR count). The Hall–Kier alpha value is -1.12. The minimum absolute atomic E-state index is 0.0935. The van der Waals surface area contributed by atoms with E-state index in [1.165, 1.54) is 51.4 Å². The van der Waals surface area contributed by atoms with Crippen LogP contribution < -0.4 is 5.32 Å². The highest BCUT2D eigenvalue weighted by Gasteiger charge is 2.64. The number of rotatable bonds is 4. The van der Waals surface area contributed by atoms with Crippen molar-refractivity contribution in [2.75, 3.05) is 13.1 Å². The fourth-order valence-electron chi connectivity index (χ4n) is 7.50. The van der Waals surface area contributed by atoms with Crippen molar-refractivity contribution in [2.24, 2.45) is 23.2 Å². The third-order valence-corrected chi connectivity index (χ3v) is 9.01. The van der Waals surface area contributed by atoms with Crippen molar-refractivity contribution in [3.63, 3.8) is 0 Å². The van der Waals surface area contributed by atoms with Gasteiger partial charge in [0, 0.05) is 12.6 Å². The zero-order valence-electron chi connectivity index (χ0n) is 17.0. The minimum atomic E-state index is -0.382. The number of nitrogens with one attached hydrogen (secondary N) is 1. The maximum Gasteiger partial charge on any atom is 0.237 e. The zero-order valence-corrected chi connectivity index (χ0v) is 17.0. The third-order valence-electron chi connectivity index (χ3n) is 9.01. The van der Waals surface area contributed by atoms with Gasteiger partial charge in [-0.2, -0.15) is 5.26 Å². The van der Waals surface area contributed by atoms with Gasteiger partial charge in [0.05, 0.1) is 18.2 Å². The molecular weight excluding hydrogens is 350 g/mol. The van der Waals surface area contributed by atoms with Crippen LogP contribution in [0.2, 0.25) is 0 Å². The van der Waals surface area contributed by atoms with E-state index in [9.17, 15) is 15.2 Å². The molecule has 1 spiro atoms. The maximum atomic E-state index is 12.5. The first-order valence-electron chi connectivity index (χ1n) is 11.7. The molecule has 4 aliphatic carbocycles. The number of aliphatic hydroxyl groups is 1. The lowest BCUT2D eigenvalue weighted by Gasteiger charge is -2.36. The standard InChI is InChI=1S/C23H35N3O2/c24-14-19-7-4-8-26(19)21(27)15-25-20-13-22(20)9-16-11-23(28,12-17(16)10-22)18-5-2-1-3-6-18/h16-20,25,28H,1-13,15H2/t16-,17+,19-,20?,22?,23?/m0/s1. The zero-order chi connectivity index (χ0) is 19.4. The number of carbonyl (C=O) groups is 1. The van der Waals surface area contributed by atoms with E-state index in [4.69, 9.17) is 0 Å². The molecule has 0 aromatic rings. The summed E-state index contributed by atoms with van der Waals surface area (Å²) in [5, 5.41) is 24.0. The maximum absolute atomic E-state index is 12.5. The van der Waals surface area contributed by atoms with Crippen LogP contribution in [0.3, 0.4) is 0 Å². The van der Waals surface area contributed by atoms with Crippen LogP contribution in [0.1, 0.15) is 77.0 Å². The highest BCUT2D eigenvalue weighted by atomic mass is 16.3. The second-order valence-electron chi connectivity index (χ2n) is 10.6. The number of hydrogen-bond acceptors (Lipinski definition) is 4. The summed E-state index contributed by atoms with van der Waals surface area (Å²) in [6.45, 7) is 1.12. The van der Waals surface area contributed by atoms with Crippen molar-refractivity contribution in [2.45, 2.75) is 94.7 Å². The number of nitriles is 1. The minimum Gasteiger partial charge on any atom is -0.390 e. The van der Waals surface area contributed by atoms with Gasteiger partial charge in [-0.15, -0.1) is 0 Å². The van der Waals surface area contributed by atoms with E-state index in [0.717, 1.165) is 32.2 Å². The van der Waals surface area contributed by atoms with Gasteiger partial charge in [-0.3, -0.25) is 4.79 Å². The van der Waals surface area contributed by atoms with Crippen LogP contribution in [0.4, 0.5) is 0 Å². The second kappa shape index (κ2) is 6.99. The largest absolute Gasteiger partial charge is 0.390 e. The van der Waals surface area contributed by atoms with Crippen molar-refractivity contribution >= 4 is 5.91 Å². The summed E-state index contributed by atoms with van der Waals surface area (Å²) < 4.78 is 0. The smallest absolute Gasteiger partial charge is 0.237 e. The summed E-state index contributed by atoms with van der Waals surface area (Å²) in [5.74, 6) is 2.02. The summed E-state index contributed by atoms with van der Waals surface area (Å²) in [7, 11) is 0. The van der Waals surface area contributed by atoms with Gasteiger partial charge < -0.3 is 15.3 Å². The fourth-order valence-corrected chi connectivity index (χ4v) is 7.50. The van der Waals surface area contributed by atoms with Gasteiger partial charge >= 0.3 is 0 Å². The summed E-state index contributed by atoms with van der Waals surface area (Å²) in [6.07, 6.45) is 13.9. The van der Waals surface area contributed by atoms with E-state index in [-0.39, 0.29) is 17.6 Å². The Balaban J connectivity index is 1.12. The highest BCUT2D eigenvalue weighted by molar-refractivity contribution is 5.79. The lowest BCUT2D eigenvalue weighted by molar-refractivity contribution is -0.130. The number of carbonyl (C=O) groups excluding carboxylic acids is 1. The molecule has 0 radical (unpaired) electrons. The van der Waals surface area contributed by atoms with E-state index in [1.54, 1.807) is 4.90 Å². The van der Waals surface area contributed by atoms with Gasteiger partial charge in [-0.1, -0.05) is 19.3 Å². The molecule has 0 aromatic heterocycles. The van der Waals surface area contributed by atoms with Gasteiger partial charge in [0.25, 0.3) is 0 Å². The van der Waals surface area contributed by atoms with E-state index in [1.807, 2.05) is 0 Å². The first kappa shape index (κ1) is 18.9. The van der Waals surface area contributed by atoms with Gasteiger partial charge in [0.1, 0.15) is 6.04 Å². The van der Waals surface area contributed by atoms with Gasteiger partial charge in [-0.05, 0) is 81.0 Å².